The molecular formula is C27H26ClFN4O5S. The highest BCUT2D eigenvalue weighted by atomic mass is 35.5. The number of rotatable bonds is 12. The molecule has 4 rings (SSSR count). The fourth-order valence-electron chi connectivity index (χ4n) is 3.86. The van der Waals surface area contributed by atoms with Crippen LogP contribution in [0.2, 0.25) is 5.02 Å². The highest BCUT2D eigenvalue weighted by Gasteiger charge is 2.26. The minimum atomic E-state index is -0.682. The zero-order valence-corrected chi connectivity index (χ0v) is 23.0. The summed E-state index contributed by atoms with van der Waals surface area (Å²) in [5.41, 5.74) is 1.69. The van der Waals surface area contributed by atoms with Crippen LogP contribution in [0.25, 0.3) is 5.69 Å². The van der Waals surface area contributed by atoms with Crippen molar-refractivity contribution in [3.05, 3.63) is 98.6 Å². The van der Waals surface area contributed by atoms with E-state index in [1.807, 2.05) is 28.8 Å². The molecule has 0 fully saturated rings. The van der Waals surface area contributed by atoms with Crippen molar-refractivity contribution in [2.45, 2.75) is 30.9 Å². The van der Waals surface area contributed by atoms with Crippen molar-refractivity contribution in [2.24, 2.45) is 0 Å². The van der Waals surface area contributed by atoms with E-state index in [9.17, 15) is 14.5 Å². The lowest BCUT2D eigenvalue weighted by Gasteiger charge is -2.19. The van der Waals surface area contributed by atoms with Crippen molar-refractivity contribution >= 4 is 23.4 Å². The summed E-state index contributed by atoms with van der Waals surface area (Å²) in [5.74, 6) is 1.44. The van der Waals surface area contributed by atoms with Crippen LogP contribution in [-0.2, 0) is 6.61 Å². The van der Waals surface area contributed by atoms with Crippen molar-refractivity contribution in [3.8, 4) is 22.9 Å². The standard InChI is InChI=1S/C27H26ClFN4O5S/c1-4-37-24-14-19(13-22(28)26(24)38-16-18-7-5-6-8-23(18)29)25(15-32(34)35)39-27-31-30-17(2)33(27)20-9-11-21(36-3)12-10-20/h5-14,25H,4,15-16H2,1-3H3/t25-/m0/s1. The molecule has 9 nitrogen and oxygen atoms in total. The molecule has 3 aromatic carbocycles. The molecule has 39 heavy (non-hydrogen) atoms. The lowest BCUT2D eigenvalue weighted by atomic mass is 10.1. The number of nitrogens with zero attached hydrogens (tertiary/aromatic N) is 4. The smallest absolute Gasteiger partial charge is 0.220 e. The molecule has 0 spiro atoms. The number of nitro groups is 1. The molecule has 4 aromatic rings. The topological polar surface area (TPSA) is 102 Å². The van der Waals surface area contributed by atoms with Crippen LogP contribution in [0.3, 0.4) is 0 Å². The van der Waals surface area contributed by atoms with Crippen molar-refractivity contribution in [1.82, 2.24) is 14.8 Å². The summed E-state index contributed by atoms with van der Waals surface area (Å²) in [5, 5.41) is 20.1. The number of hydrogen-bond donors (Lipinski definition) is 0. The van der Waals surface area contributed by atoms with E-state index in [4.69, 9.17) is 25.8 Å². The average molecular weight is 573 g/mol. The second-order valence-electron chi connectivity index (χ2n) is 8.33. The van der Waals surface area contributed by atoms with Crippen LogP contribution in [0, 0.1) is 22.9 Å². The molecule has 0 amide bonds. The highest BCUT2D eigenvalue weighted by molar-refractivity contribution is 7.99. The van der Waals surface area contributed by atoms with Crippen molar-refractivity contribution in [1.29, 1.82) is 0 Å². The summed E-state index contributed by atoms with van der Waals surface area (Å²) >= 11 is 7.78. The molecule has 0 bridgehead atoms. The molecule has 1 aromatic heterocycles. The fraction of sp³-hybridized carbons (Fsp3) is 0.259. The van der Waals surface area contributed by atoms with Gasteiger partial charge in [0.1, 0.15) is 29.2 Å². The minimum Gasteiger partial charge on any atom is -0.497 e. The molecule has 204 valence electrons. The Morgan fingerprint density at radius 2 is 1.87 bits per heavy atom. The van der Waals surface area contributed by atoms with Gasteiger partial charge in [0, 0.05) is 16.2 Å². The SMILES string of the molecule is CCOc1cc([C@H](C[N+](=O)[O-])Sc2nnc(C)n2-c2ccc(OC)cc2)cc(Cl)c1OCc1ccccc1F. The Kier molecular flexibility index (Phi) is 9.26. The minimum absolute atomic E-state index is 0.0663. The van der Waals surface area contributed by atoms with E-state index in [1.54, 1.807) is 51.3 Å². The number of aromatic nitrogens is 3. The number of thioether (sulfide) groups is 1. The van der Waals surface area contributed by atoms with Crippen LogP contribution in [0.15, 0.2) is 65.8 Å². The van der Waals surface area contributed by atoms with Crippen LogP contribution in [-0.4, -0.2) is 39.9 Å². The molecule has 0 aliphatic carbocycles. The van der Waals surface area contributed by atoms with Gasteiger partial charge in [0.05, 0.1) is 18.7 Å². The van der Waals surface area contributed by atoms with E-state index in [0.717, 1.165) is 5.69 Å². The number of halogens is 2. The number of methoxy groups -OCH3 is 1. The van der Waals surface area contributed by atoms with Gasteiger partial charge in [-0.1, -0.05) is 41.6 Å². The van der Waals surface area contributed by atoms with Gasteiger partial charge in [-0.15, -0.1) is 10.2 Å². The van der Waals surface area contributed by atoms with Crippen molar-refractivity contribution < 1.29 is 23.5 Å². The molecule has 1 atom stereocenters. The van der Waals surface area contributed by atoms with Gasteiger partial charge < -0.3 is 14.2 Å². The Labute approximate surface area is 234 Å². The van der Waals surface area contributed by atoms with Crippen LogP contribution >= 0.6 is 23.4 Å². The van der Waals surface area contributed by atoms with E-state index in [1.165, 1.54) is 17.8 Å². The number of benzene rings is 3. The molecular weight excluding hydrogens is 547 g/mol. The van der Waals surface area contributed by atoms with Gasteiger partial charge >= 0.3 is 0 Å². The zero-order valence-electron chi connectivity index (χ0n) is 21.5. The van der Waals surface area contributed by atoms with Crippen LogP contribution in [0.4, 0.5) is 4.39 Å². The van der Waals surface area contributed by atoms with Gasteiger partial charge in [0.25, 0.3) is 0 Å². The molecule has 0 saturated heterocycles. The summed E-state index contributed by atoms with van der Waals surface area (Å²) in [6.45, 7) is 3.42. The van der Waals surface area contributed by atoms with E-state index < -0.39 is 22.5 Å². The van der Waals surface area contributed by atoms with E-state index in [-0.39, 0.29) is 17.4 Å². The van der Waals surface area contributed by atoms with Crippen LogP contribution in [0.1, 0.15) is 29.1 Å². The van der Waals surface area contributed by atoms with Gasteiger partial charge in [0.2, 0.25) is 6.54 Å². The second kappa shape index (κ2) is 12.8. The summed E-state index contributed by atoms with van der Waals surface area (Å²) in [7, 11) is 1.58. The first-order valence-electron chi connectivity index (χ1n) is 12.0. The normalized spacial score (nSPS) is 11.7. The maximum atomic E-state index is 14.1. The number of aryl methyl sites for hydroxylation is 1. The molecule has 1 heterocycles. The second-order valence-corrected chi connectivity index (χ2v) is 9.91. The molecule has 0 N–H and O–H groups in total. The number of hydrogen-bond acceptors (Lipinski definition) is 8. The molecule has 0 unspecified atom stereocenters. The van der Waals surface area contributed by atoms with Gasteiger partial charge in [0.15, 0.2) is 16.7 Å². The Hall–Kier alpha value is -3.83. The van der Waals surface area contributed by atoms with Crippen LogP contribution < -0.4 is 14.2 Å². The fourth-order valence-corrected chi connectivity index (χ4v) is 5.29. The zero-order chi connectivity index (χ0) is 27.9. The molecule has 0 radical (unpaired) electrons. The van der Waals surface area contributed by atoms with E-state index >= 15 is 0 Å². The van der Waals surface area contributed by atoms with E-state index in [2.05, 4.69) is 10.2 Å². The Bertz CT molecular complexity index is 1450. The van der Waals surface area contributed by atoms with Crippen molar-refractivity contribution in [3.63, 3.8) is 0 Å². The maximum Gasteiger partial charge on any atom is 0.220 e. The average Bonchev–Trinajstić information content (AvgIpc) is 3.28. The lowest BCUT2D eigenvalue weighted by Crippen LogP contribution is -2.12. The quantitative estimate of drug-likeness (QED) is 0.108. The maximum absolute atomic E-state index is 14.1. The first-order valence-corrected chi connectivity index (χ1v) is 13.2. The third-order valence-electron chi connectivity index (χ3n) is 5.72. The summed E-state index contributed by atoms with van der Waals surface area (Å²) < 4.78 is 32.8. The monoisotopic (exact) mass is 572 g/mol. The predicted molar refractivity (Wildman–Crippen MR) is 146 cm³/mol. The predicted octanol–water partition coefficient (Wildman–Crippen LogP) is 6.46. The van der Waals surface area contributed by atoms with Gasteiger partial charge in [-0.2, -0.15) is 0 Å². The summed E-state index contributed by atoms with van der Waals surface area (Å²) in [6.07, 6.45) is 0. The number of ether oxygens (including phenoxy) is 3. The Morgan fingerprint density at radius 3 is 2.54 bits per heavy atom. The highest BCUT2D eigenvalue weighted by Crippen LogP contribution is 2.43. The lowest BCUT2D eigenvalue weighted by molar-refractivity contribution is -0.479. The molecule has 12 heteroatoms. The van der Waals surface area contributed by atoms with Crippen molar-refractivity contribution in [2.75, 3.05) is 20.3 Å². The van der Waals surface area contributed by atoms with Gasteiger partial charge in [-0.05, 0) is 61.9 Å². The first kappa shape index (κ1) is 28.2. The summed E-state index contributed by atoms with van der Waals surface area (Å²) in [6, 6.07) is 16.9. The van der Waals surface area contributed by atoms with Crippen LogP contribution in [0.5, 0.6) is 17.2 Å². The Balaban J connectivity index is 1.67. The molecule has 0 aliphatic heterocycles. The van der Waals surface area contributed by atoms with Gasteiger partial charge in [-0.3, -0.25) is 14.7 Å². The molecule has 0 saturated carbocycles. The third kappa shape index (κ3) is 6.79. The largest absolute Gasteiger partial charge is 0.497 e. The molecule has 0 aliphatic rings. The third-order valence-corrected chi connectivity index (χ3v) is 7.18. The first-order chi connectivity index (χ1) is 18.8. The Morgan fingerprint density at radius 1 is 1.13 bits per heavy atom. The van der Waals surface area contributed by atoms with E-state index in [0.29, 0.717) is 40.2 Å². The van der Waals surface area contributed by atoms with Gasteiger partial charge in [-0.25, -0.2) is 4.39 Å². The summed E-state index contributed by atoms with van der Waals surface area (Å²) in [4.78, 5) is 11.3.